The maximum atomic E-state index is 10.2. The molecular formula is C16H20O2. The summed E-state index contributed by atoms with van der Waals surface area (Å²) >= 11 is 0. The fourth-order valence-corrected chi connectivity index (χ4v) is 2.46. The van der Waals surface area contributed by atoms with Crippen LogP contribution in [0.1, 0.15) is 39.9 Å². The lowest BCUT2D eigenvalue weighted by Gasteiger charge is -2.14. The van der Waals surface area contributed by atoms with Gasteiger partial charge >= 0.3 is 0 Å². The molecule has 0 bridgehead atoms. The van der Waals surface area contributed by atoms with Crippen LogP contribution in [0.3, 0.4) is 0 Å². The summed E-state index contributed by atoms with van der Waals surface area (Å²) in [7, 11) is 0. The van der Waals surface area contributed by atoms with Gasteiger partial charge in [0, 0.05) is 6.42 Å². The van der Waals surface area contributed by atoms with Gasteiger partial charge in [-0.05, 0) is 56.5 Å². The van der Waals surface area contributed by atoms with Crippen molar-refractivity contribution >= 4 is 0 Å². The van der Waals surface area contributed by atoms with E-state index in [2.05, 4.69) is 32.9 Å². The highest BCUT2D eigenvalue weighted by Gasteiger charge is 2.15. The summed E-state index contributed by atoms with van der Waals surface area (Å²) in [5.74, 6) is 1.48. The molecule has 0 radical (unpaired) electrons. The highest BCUT2D eigenvalue weighted by atomic mass is 16.4. The molecule has 2 heteroatoms. The lowest BCUT2D eigenvalue weighted by Crippen LogP contribution is -2.04. The minimum Gasteiger partial charge on any atom is -0.464 e. The average Bonchev–Trinajstić information content (AvgIpc) is 2.70. The first kappa shape index (κ1) is 12.9. The van der Waals surface area contributed by atoms with Gasteiger partial charge in [0.1, 0.15) is 17.6 Å². The molecule has 2 nitrogen and oxygen atoms in total. The number of aryl methyl sites for hydroxylation is 4. The van der Waals surface area contributed by atoms with Gasteiger partial charge in [0.15, 0.2) is 0 Å². The van der Waals surface area contributed by atoms with Crippen molar-refractivity contribution in [3.8, 4) is 0 Å². The van der Waals surface area contributed by atoms with Gasteiger partial charge in [-0.3, -0.25) is 0 Å². The van der Waals surface area contributed by atoms with Crippen molar-refractivity contribution in [2.45, 2.75) is 40.2 Å². The SMILES string of the molecule is Cc1cc(C)c(CC(O)c2ccc(C)o2)c(C)c1. The zero-order valence-corrected chi connectivity index (χ0v) is 11.4. The van der Waals surface area contributed by atoms with Crippen LogP contribution in [-0.2, 0) is 6.42 Å². The van der Waals surface area contributed by atoms with E-state index in [9.17, 15) is 5.11 Å². The van der Waals surface area contributed by atoms with E-state index in [4.69, 9.17) is 4.42 Å². The summed E-state index contributed by atoms with van der Waals surface area (Å²) in [6.45, 7) is 8.17. The molecule has 0 aliphatic rings. The Morgan fingerprint density at radius 3 is 2.17 bits per heavy atom. The summed E-state index contributed by atoms with van der Waals surface area (Å²) < 4.78 is 5.47. The Morgan fingerprint density at radius 2 is 1.67 bits per heavy atom. The minimum absolute atomic E-state index is 0.571. The van der Waals surface area contributed by atoms with E-state index in [1.165, 1.54) is 22.3 Å². The van der Waals surface area contributed by atoms with Gasteiger partial charge in [0.05, 0.1) is 0 Å². The van der Waals surface area contributed by atoms with Crippen LogP contribution in [0, 0.1) is 27.7 Å². The smallest absolute Gasteiger partial charge is 0.132 e. The molecule has 2 rings (SSSR count). The topological polar surface area (TPSA) is 33.4 Å². The van der Waals surface area contributed by atoms with E-state index < -0.39 is 6.10 Å². The normalized spacial score (nSPS) is 12.7. The number of benzene rings is 1. The van der Waals surface area contributed by atoms with Gasteiger partial charge in [0.25, 0.3) is 0 Å². The fourth-order valence-electron chi connectivity index (χ4n) is 2.46. The van der Waals surface area contributed by atoms with E-state index >= 15 is 0 Å². The molecule has 1 N–H and O–H groups in total. The van der Waals surface area contributed by atoms with Crippen LogP contribution in [0.4, 0.5) is 0 Å². The molecule has 2 aromatic rings. The van der Waals surface area contributed by atoms with E-state index in [0.717, 1.165) is 5.76 Å². The van der Waals surface area contributed by atoms with Gasteiger partial charge in [0.2, 0.25) is 0 Å². The highest BCUT2D eigenvalue weighted by Crippen LogP contribution is 2.25. The fraction of sp³-hybridized carbons (Fsp3) is 0.375. The Bertz CT molecular complexity index is 529. The second kappa shape index (κ2) is 4.99. The molecule has 1 heterocycles. The van der Waals surface area contributed by atoms with Crippen molar-refractivity contribution in [1.82, 2.24) is 0 Å². The average molecular weight is 244 g/mol. The minimum atomic E-state index is -0.571. The van der Waals surface area contributed by atoms with Crippen LogP contribution >= 0.6 is 0 Å². The first-order valence-corrected chi connectivity index (χ1v) is 6.28. The maximum Gasteiger partial charge on any atom is 0.132 e. The molecule has 0 spiro atoms. The van der Waals surface area contributed by atoms with Crippen LogP contribution in [0.15, 0.2) is 28.7 Å². The Labute approximate surface area is 108 Å². The Kier molecular flexibility index (Phi) is 3.58. The van der Waals surface area contributed by atoms with Gasteiger partial charge in [-0.15, -0.1) is 0 Å². The van der Waals surface area contributed by atoms with E-state index in [-0.39, 0.29) is 0 Å². The summed E-state index contributed by atoms with van der Waals surface area (Å²) in [6, 6.07) is 8.04. The van der Waals surface area contributed by atoms with Crippen LogP contribution < -0.4 is 0 Å². The van der Waals surface area contributed by atoms with Crippen LogP contribution in [0.5, 0.6) is 0 Å². The number of hydrogen-bond acceptors (Lipinski definition) is 2. The molecule has 0 aliphatic carbocycles. The molecule has 96 valence electrons. The number of aliphatic hydroxyl groups excluding tert-OH is 1. The second-order valence-electron chi connectivity index (χ2n) is 5.05. The van der Waals surface area contributed by atoms with Crippen LogP contribution in [-0.4, -0.2) is 5.11 Å². The third kappa shape index (κ3) is 2.65. The zero-order chi connectivity index (χ0) is 13.3. The van der Waals surface area contributed by atoms with Gasteiger partial charge in [-0.2, -0.15) is 0 Å². The number of rotatable bonds is 3. The molecule has 18 heavy (non-hydrogen) atoms. The maximum absolute atomic E-state index is 10.2. The Hall–Kier alpha value is -1.54. The predicted molar refractivity (Wildman–Crippen MR) is 72.8 cm³/mol. The van der Waals surface area contributed by atoms with E-state index in [0.29, 0.717) is 12.2 Å². The van der Waals surface area contributed by atoms with Crippen molar-refractivity contribution in [3.05, 3.63) is 58.0 Å². The molecule has 1 unspecified atom stereocenters. The first-order valence-electron chi connectivity index (χ1n) is 6.28. The largest absolute Gasteiger partial charge is 0.464 e. The molecule has 0 saturated heterocycles. The van der Waals surface area contributed by atoms with Crippen molar-refractivity contribution in [2.24, 2.45) is 0 Å². The summed E-state index contributed by atoms with van der Waals surface area (Å²) in [5, 5.41) is 10.2. The predicted octanol–water partition coefficient (Wildman–Crippen LogP) is 3.79. The van der Waals surface area contributed by atoms with Crippen LogP contribution in [0.25, 0.3) is 0 Å². The molecule has 0 saturated carbocycles. The lowest BCUT2D eigenvalue weighted by atomic mass is 9.95. The summed E-state index contributed by atoms with van der Waals surface area (Å²) in [4.78, 5) is 0. The number of aliphatic hydroxyl groups is 1. The third-order valence-electron chi connectivity index (χ3n) is 3.33. The number of hydrogen-bond donors (Lipinski definition) is 1. The lowest BCUT2D eigenvalue weighted by molar-refractivity contribution is 0.148. The second-order valence-corrected chi connectivity index (χ2v) is 5.05. The molecular weight excluding hydrogens is 224 g/mol. The molecule has 1 aromatic heterocycles. The molecule has 0 fully saturated rings. The first-order chi connectivity index (χ1) is 8.47. The Morgan fingerprint density at radius 1 is 1.06 bits per heavy atom. The zero-order valence-electron chi connectivity index (χ0n) is 11.4. The van der Waals surface area contributed by atoms with E-state index in [1.807, 2.05) is 19.1 Å². The number of furan rings is 1. The monoisotopic (exact) mass is 244 g/mol. The summed E-state index contributed by atoms with van der Waals surface area (Å²) in [6.07, 6.45) is 0.0315. The molecule has 1 atom stereocenters. The van der Waals surface area contributed by atoms with E-state index in [1.54, 1.807) is 0 Å². The van der Waals surface area contributed by atoms with Gasteiger partial charge < -0.3 is 9.52 Å². The molecule has 0 amide bonds. The van der Waals surface area contributed by atoms with Crippen molar-refractivity contribution in [3.63, 3.8) is 0 Å². The quantitative estimate of drug-likeness (QED) is 0.891. The van der Waals surface area contributed by atoms with Gasteiger partial charge in [-0.25, -0.2) is 0 Å². The van der Waals surface area contributed by atoms with Crippen molar-refractivity contribution < 1.29 is 9.52 Å². The van der Waals surface area contributed by atoms with Crippen molar-refractivity contribution in [2.75, 3.05) is 0 Å². The van der Waals surface area contributed by atoms with Crippen molar-refractivity contribution in [1.29, 1.82) is 0 Å². The highest BCUT2D eigenvalue weighted by molar-refractivity contribution is 5.38. The molecule has 1 aromatic carbocycles. The standard InChI is InChI=1S/C16H20O2/c1-10-7-11(2)14(12(3)8-10)9-15(17)16-6-5-13(4)18-16/h5-8,15,17H,9H2,1-4H3. The summed E-state index contributed by atoms with van der Waals surface area (Å²) in [5.41, 5.74) is 4.93. The Balaban J connectivity index is 2.24. The van der Waals surface area contributed by atoms with Gasteiger partial charge in [-0.1, -0.05) is 17.7 Å². The van der Waals surface area contributed by atoms with Crippen LogP contribution in [0.2, 0.25) is 0 Å². The third-order valence-corrected chi connectivity index (χ3v) is 3.33. The molecule has 0 aliphatic heterocycles.